The van der Waals surface area contributed by atoms with Crippen molar-refractivity contribution in [3.63, 3.8) is 0 Å². The number of carbonyl (C=O) groups excluding carboxylic acids is 2. The highest BCUT2D eigenvalue weighted by Crippen LogP contribution is 2.22. The lowest BCUT2D eigenvalue weighted by Gasteiger charge is -2.41. The third-order valence-corrected chi connectivity index (χ3v) is 2.54. The number of ether oxygens (including phenoxy) is 2. The molecule has 1 rings (SSSR count). The minimum absolute atomic E-state index is 0.481. The number of hydrogen-bond donors (Lipinski definition) is 4. The molecule has 8 heteroatoms. The Balaban J connectivity index is 2.84. The number of carbonyl (C=O) groups is 2. The third-order valence-electron chi connectivity index (χ3n) is 2.54. The number of hydrogen-bond acceptors (Lipinski definition) is 7. The second-order valence-corrected chi connectivity index (χ2v) is 4.04. The van der Waals surface area contributed by atoms with Crippen LogP contribution in [0.25, 0.3) is 0 Å². The Kier molecular flexibility index (Phi) is 5.03. The maximum absolute atomic E-state index is 10.9. The highest BCUT2D eigenvalue weighted by atomic mass is 16.6. The van der Waals surface area contributed by atoms with Gasteiger partial charge in [0.1, 0.15) is 18.2 Å². The SMILES string of the molecule is CC(=O)N[C@@H]1[C@@H](O)[C@H](OC(C)=O)[C@@H](CO)O[C@H]1O. The molecule has 0 aromatic carbocycles. The molecule has 1 saturated heterocycles. The average molecular weight is 263 g/mol. The first-order chi connectivity index (χ1) is 8.36. The highest BCUT2D eigenvalue weighted by Gasteiger charge is 2.46. The molecule has 1 amide bonds. The summed E-state index contributed by atoms with van der Waals surface area (Å²) in [6, 6.07) is -1.13. The fourth-order valence-electron chi connectivity index (χ4n) is 1.81. The minimum Gasteiger partial charge on any atom is -0.457 e. The largest absolute Gasteiger partial charge is 0.457 e. The van der Waals surface area contributed by atoms with E-state index in [9.17, 15) is 19.8 Å². The summed E-state index contributed by atoms with van der Waals surface area (Å²) in [5.74, 6) is -1.15. The van der Waals surface area contributed by atoms with Crippen molar-refractivity contribution in [3.05, 3.63) is 0 Å². The van der Waals surface area contributed by atoms with E-state index in [1.165, 1.54) is 6.92 Å². The summed E-state index contributed by atoms with van der Waals surface area (Å²) >= 11 is 0. The molecule has 0 aliphatic carbocycles. The van der Waals surface area contributed by atoms with Gasteiger partial charge in [0.2, 0.25) is 5.91 Å². The minimum atomic E-state index is -1.49. The van der Waals surface area contributed by atoms with Crippen LogP contribution in [0.1, 0.15) is 13.8 Å². The smallest absolute Gasteiger partial charge is 0.303 e. The molecule has 18 heavy (non-hydrogen) atoms. The first kappa shape index (κ1) is 14.8. The van der Waals surface area contributed by atoms with Gasteiger partial charge >= 0.3 is 5.97 Å². The summed E-state index contributed by atoms with van der Waals surface area (Å²) in [5, 5.41) is 30.9. The van der Waals surface area contributed by atoms with Gasteiger partial charge in [-0.3, -0.25) is 9.59 Å². The molecule has 8 nitrogen and oxygen atoms in total. The molecular formula is C10H17NO7. The lowest BCUT2D eigenvalue weighted by atomic mass is 9.96. The van der Waals surface area contributed by atoms with Gasteiger partial charge in [0.05, 0.1) is 6.61 Å². The molecule has 0 radical (unpaired) electrons. The van der Waals surface area contributed by atoms with E-state index in [1.807, 2.05) is 0 Å². The Bertz CT molecular complexity index is 321. The normalized spacial score (nSPS) is 35.9. The topological polar surface area (TPSA) is 125 Å². The summed E-state index contributed by atoms with van der Waals surface area (Å²) in [5.41, 5.74) is 0. The number of rotatable bonds is 3. The molecule has 0 bridgehead atoms. The standard InChI is InChI=1S/C10H17NO7/c1-4(13)11-7-8(15)9(17-5(2)14)6(3-12)18-10(7)16/h6-10,12,15-16H,3H2,1-2H3,(H,11,13)/t6-,7-,8-,9-,10-/m1/s1. The lowest BCUT2D eigenvalue weighted by molar-refractivity contribution is -0.259. The second kappa shape index (κ2) is 6.10. The molecular weight excluding hydrogens is 246 g/mol. The zero-order valence-corrected chi connectivity index (χ0v) is 10.1. The van der Waals surface area contributed by atoms with Crippen LogP contribution in [0.15, 0.2) is 0 Å². The van der Waals surface area contributed by atoms with E-state index in [2.05, 4.69) is 5.32 Å². The molecule has 1 heterocycles. The Hall–Kier alpha value is -1.22. The summed E-state index contributed by atoms with van der Waals surface area (Å²) in [4.78, 5) is 21.8. The maximum atomic E-state index is 10.9. The first-order valence-electron chi connectivity index (χ1n) is 5.43. The van der Waals surface area contributed by atoms with Crippen molar-refractivity contribution >= 4 is 11.9 Å². The van der Waals surface area contributed by atoms with Crippen LogP contribution in [0.3, 0.4) is 0 Å². The van der Waals surface area contributed by atoms with Gasteiger partial charge in [0, 0.05) is 13.8 Å². The summed E-state index contributed by atoms with van der Waals surface area (Å²) in [6.45, 7) is 1.80. The maximum Gasteiger partial charge on any atom is 0.303 e. The van der Waals surface area contributed by atoms with E-state index in [1.54, 1.807) is 0 Å². The van der Waals surface area contributed by atoms with Crippen LogP contribution in [0, 0.1) is 0 Å². The third kappa shape index (κ3) is 3.39. The van der Waals surface area contributed by atoms with Gasteiger partial charge in [0.25, 0.3) is 0 Å². The van der Waals surface area contributed by atoms with Crippen molar-refractivity contribution in [2.45, 2.75) is 44.5 Å². The van der Waals surface area contributed by atoms with Gasteiger partial charge in [-0.2, -0.15) is 0 Å². The van der Waals surface area contributed by atoms with Gasteiger partial charge in [-0.1, -0.05) is 0 Å². The Morgan fingerprint density at radius 3 is 2.39 bits per heavy atom. The highest BCUT2D eigenvalue weighted by molar-refractivity contribution is 5.73. The van der Waals surface area contributed by atoms with Gasteiger partial charge in [-0.05, 0) is 0 Å². The Morgan fingerprint density at radius 1 is 1.33 bits per heavy atom. The summed E-state index contributed by atoms with van der Waals surface area (Å²) in [7, 11) is 0. The second-order valence-electron chi connectivity index (χ2n) is 4.04. The van der Waals surface area contributed by atoms with Gasteiger partial charge in [-0.15, -0.1) is 0 Å². The predicted molar refractivity (Wildman–Crippen MR) is 57.1 cm³/mol. The van der Waals surface area contributed by atoms with Crippen molar-refractivity contribution in [2.75, 3.05) is 6.61 Å². The summed E-state index contributed by atoms with van der Waals surface area (Å²) < 4.78 is 9.82. The van der Waals surface area contributed by atoms with Crippen molar-refractivity contribution in [2.24, 2.45) is 0 Å². The number of aliphatic hydroxyl groups is 3. The molecule has 0 saturated carbocycles. The molecule has 1 aliphatic rings. The fourth-order valence-corrected chi connectivity index (χ4v) is 1.81. The number of aliphatic hydroxyl groups excluding tert-OH is 3. The van der Waals surface area contributed by atoms with Gasteiger partial charge in [-0.25, -0.2) is 0 Å². The number of esters is 1. The van der Waals surface area contributed by atoms with E-state index in [0.717, 1.165) is 6.92 Å². The fraction of sp³-hybridized carbons (Fsp3) is 0.800. The zero-order chi connectivity index (χ0) is 13.9. The van der Waals surface area contributed by atoms with Crippen molar-refractivity contribution in [1.82, 2.24) is 5.32 Å². The molecule has 1 aliphatic heterocycles. The van der Waals surface area contributed by atoms with Crippen LogP contribution in [0.4, 0.5) is 0 Å². The van der Waals surface area contributed by atoms with Crippen LogP contribution in [-0.2, 0) is 19.1 Å². The molecule has 0 aromatic heterocycles. The first-order valence-corrected chi connectivity index (χ1v) is 5.43. The number of nitrogens with one attached hydrogen (secondary N) is 1. The zero-order valence-electron chi connectivity index (χ0n) is 10.1. The molecule has 0 aromatic rings. The van der Waals surface area contributed by atoms with Crippen molar-refractivity contribution in [1.29, 1.82) is 0 Å². The van der Waals surface area contributed by atoms with Crippen LogP contribution in [0.5, 0.6) is 0 Å². The molecule has 5 atom stereocenters. The molecule has 0 unspecified atom stereocenters. The quantitative estimate of drug-likeness (QED) is 0.414. The van der Waals surface area contributed by atoms with E-state index in [4.69, 9.17) is 14.6 Å². The Labute approximate surface area is 104 Å². The monoisotopic (exact) mass is 263 g/mol. The van der Waals surface area contributed by atoms with Gasteiger partial charge < -0.3 is 30.1 Å². The van der Waals surface area contributed by atoms with Crippen LogP contribution >= 0.6 is 0 Å². The lowest BCUT2D eigenvalue weighted by Crippen LogP contribution is -2.64. The molecule has 1 fully saturated rings. The van der Waals surface area contributed by atoms with Crippen LogP contribution < -0.4 is 5.32 Å². The Morgan fingerprint density at radius 2 is 1.94 bits per heavy atom. The van der Waals surface area contributed by atoms with Crippen LogP contribution in [0.2, 0.25) is 0 Å². The summed E-state index contributed by atoms with van der Waals surface area (Å²) in [6.07, 6.45) is -5.08. The molecule has 4 N–H and O–H groups in total. The number of amides is 1. The molecule has 104 valence electrons. The van der Waals surface area contributed by atoms with Gasteiger partial charge in [0.15, 0.2) is 12.4 Å². The van der Waals surface area contributed by atoms with E-state index in [0.29, 0.717) is 0 Å². The molecule has 0 spiro atoms. The van der Waals surface area contributed by atoms with Crippen molar-refractivity contribution in [3.8, 4) is 0 Å². The van der Waals surface area contributed by atoms with E-state index < -0.39 is 49.1 Å². The van der Waals surface area contributed by atoms with E-state index in [-0.39, 0.29) is 0 Å². The predicted octanol–water partition coefficient (Wildman–Crippen LogP) is -2.51. The van der Waals surface area contributed by atoms with E-state index >= 15 is 0 Å². The average Bonchev–Trinajstić information content (AvgIpc) is 2.27. The van der Waals surface area contributed by atoms with Crippen LogP contribution in [-0.4, -0.2) is 64.4 Å². The van der Waals surface area contributed by atoms with Crippen molar-refractivity contribution < 1.29 is 34.4 Å².